The number of hydrogen-bond donors (Lipinski definition) is 1. The SMILES string of the molecule is CCCCCC(O)CCOS(=O)(=O)c1ccc(C)cc1. The van der Waals surface area contributed by atoms with E-state index in [2.05, 4.69) is 6.92 Å². The minimum atomic E-state index is -3.71. The van der Waals surface area contributed by atoms with Crippen LogP contribution in [0.3, 0.4) is 0 Å². The molecule has 0 bridgehead atoms. The summed E-state index contributed by atoms with van der Waals surface area (Å²) in [6.45, 7) is 4.01. The van der Waals surface area contributed by atoms with E-state index >= 15 is 0 Å². The van der Waals surface area contributed by atoms with Gasteiger partial charge in [-0.2, -0.15) is 8.42 Å². The summed E-state index contributed by atoms with van der Waals surface area (Å²) in [6.07, 6.45) is 3.69. The van der Waals surface area contributed by atoms with Gasteiger partial charge in [0.25, 0.3) is 10.1 Å². The highest BCUT2D eigenvalue weighted by Crippen LogP contribution is 2.14. The van der Waals surface area contributed by atoms with E-state index in [4.69, 9.17) is 4.18 Å². The van der Waals surface area contributed by atoms with E-state index in [9.17, 15) is 13.5 Å². The van der Waals surface area contributed by atoms with Crippen molar-refractivity contribution in [1.82, 2.24) is 0 Å². The highest BCUT2D eigenvalue weighted by atomic mass is 32.2. The van der Waals surface area contributed by atoms with Crippen LogP contribution < -0.4 is 0 Å². The maximum Gasteiger partial charge on any atom is 0.296 e. The van der Waals surface area contributed by atoms with Crippen molar-refractivity contribution in [3.63, 3.8) is 0 Å². The minimum Gasteiger partial charge on any atom is -0.393 e. The van der Waals surface area contributed by atoms with Gasteiger partial charge in [0.15, 0.2) is 0 Å². The molecule has 0 spiro atoms. The Kier molecular flexibility index (Phi) is 7.19. The number of rotatable bonds is 9. The fourth-order valence-corrected chi connectivity index (χ4v) is 2.76. The highest BCUT2D eigenvalue weighted by molar-refractivity contribution is 7.86. The second-order valence-electron chi connectivity index (χ2n) is 5.03. The van der Waals surface area contributed by atoms with Crippen molar-refractivity contribution < 1.29 is 17.7 Å². The standard InChI is InChI=1S/C15H24O4S/c1-3-4-5-6-14(16)11-12-19-20(17,18)15-9-7-13(2)8-10-15/h7-10,14,16H,3-6,11-12H2,1-2H3. The lowest BCUT2D eigenvalue weighted by Gasteiger charge is -2.10. The number of aliphatic hydroxyl groups excluding tert-OH is 1. The maximum absolute atomic E-state index is 11.9. The molecule has 0 aromatic heterocycles. The van der Waals surface area contributed by atoms with Gasteiger partial charge in [-0.05, 0) is 31.9 Å². The molecule has 0 aliphatic carbocycles. The van der Waals surface area contributed by atoms with E-state index < -0.39 is 16.2 Å². The average molecular weight is 300 g/mol. The summed E-state index contributed by atoms with van der Waals surface area (Å²) in [5.41, 5.74) is 0.996. The molecule has 1 unspecified atom stereocenters. The molecule has 0 radical (unpaired) electrons. The minimum absolute atomic E-state index is 0.0174. The van der Waals surface area contributed by atoms with Crippen LogP contribution in [0.2, 0.25) is 0 Å². The van der Waals surface area contributed by atoms with Crippen LogP contribution in [0.25, 0.3) is 0 Å². The van der Waals surface area contributed by atoms with Crippen LogP contribution in [0.15, 0.2) is 29.2 Å². The first-order valence-electron chi connectivity index (χ1n) is 7.10. The summed E-state index contributed by atoms with van der Waals surface area (Å²) in [5, 5.41) is 9.70. The number of hydrogen-bond acceptors (Lipinski definition) is 4. The van der Waals surface area contributed by atoms with Crippen molar-refractivity contribution in [3.05, 3.63) is 29.8 Å². The third-order valence-corrected chi connectivity index (χ3v) is 4.47. The lowest BCUT2D eigenvalue weighted by molar-refractivity contribution is 0.129. The van der Waals surface area contributed by atoms with Crippen molar-refractivity contribution in [3.8, 4) is 0 Å². The molecule has 0 aliphatic rings. The Balaban J connectivity index is 2.38. The van der Waals surface area contributed by atoms with Gasteiger partial charge in [-0.1, -0.05) is 43.9 Å². The predicted octanol–water partition coefficient (Wildman–Crippen LogP) is 3.03. The number of unbranched alkanes of at least 4 members (excludes halogenated alkanes) is 2. The Morgan fingerprint density at radius 1 is 1.15 bits per heavy atom. The molecule has 0 saturated carbocycles. The summed E-state index contributed by atoms with van der Waals surface area (Å²) in [5.74, 6) is 0. The van der Waals surface area contributed by atoms with Crippen LogP contribution >= 0.6 is 0 Å². The third kappa shape index (κ3) is 6.03. The lowest BCUT2D eigenvalue weighted by Crippen LogP contribution is -2.14. The van der Waals surface area contributed by atoms with Crippen molar-refractivity contribution >= 4 is 10.1 Å². The molecule has 114 valence electrons. The summed E-state index contributed by atoms with van der Waals surface area (Å²) in [7, 11) is -3.71. The zero-order chi connectivity index (χ0) is 15.0. The second kappa shape index (κ2) is 8.39. The van der Waals surface area contributed by atoms with E-state index in [1.54, 1.807) is 12.1 Å². The molecular formula is C15H24O4S. The van der Waals surface area contributed by atoms with Gasteiger partial charge in [-0.15, -0.1) is 0 Å². The molecule has 1 atom stereocenters. The molecule has 1 rings (SSSR count). The van der Waals surface area contributed by atoms with Crippen LogP contribution in [-0.4, -0.2) is 26.2 Å². The first kappa shape index (κ1) is 17.1. The molecule has 0 fully saturated rings. The monoisotopic (exact) mass is 300 g/mol. The van der Waals surface area contributed by atoms with E-state index in [0.717, 1.165) is 24.8 Å². The molecule has 0 amide bonds. The van der Waals surface area contributed by atoms with Gasteiger partial charge in [-0.25, -0.2) is 0 Å². The summed E-state index contributed by atoms with van der Waals surface area (Å²) in [6, 6.07) is 6.52. The zero-order valence-electron chi connectivity index (χ0n) is 12.2. The molecule has 0 saturated heterocycles. The number of aliphatic hydroxyl groups is 1. The summed E-state index contributed by atoms with van der Waals surface area (Å²) in [4.78, 5) is 0.156. The van der Waals surface area contributed by atoms with Gasteiger partial charge in [0.2, 0.25) is 0 Å². The molecule has 4 nitrogen and oxygen atoms in total. The Bertz CT molecular complexity index is 479. The number of aryl methyl sites for hydroxylation is 1. The van der Waals surface area contributed by atoms with E-state index in [-0.39, 0.29) is 11.5 Å². The van der Waals surface area contributed by atoms with Crippen LogP contribution in [-0.2, 0) is 14.3 Å². The average Bonchev–Trinajstić information content (AvgIpc) is 2.39. The predicted molar refractivity (Wildman–Crippen MR) is 79.1 cm³/mol. The quantitative estimate of drug-likeness (QED) is 0.562. The molecule has 20 heavy (non-hydrogen) atoms. The lowest BCUT2D eigenvalue weighted by atomic mass is 10.1. The maximum atomic E-state index is 11.9. The van der Waals surface area contributed by atoms with Crippen LogP contribution in [0, 0.1) is 6.92 Å². The van der Waals surface area contributed by atoms with Crippen molar-refractivity contribution in [1.29, 1.82) is 0 Å². The summed E-state index contributed by atoms with van der Waals surface area (Å²) >= 11 is 0. The van der Waals surface area contributed by atoms with Gasteiger partial charge in [0, 0.05) is 0 Å². The van der Waals surface area contributed by atoms with Gasteiger partial charge >= 0.3 is 0 Å². The second-order valence-corrected chi connectivity index (χ2v) is 6.64. The van der Waals surface area contributed by atoms with Crippen molar-refractivity contribution in [2.75, 3.05) is 6.61 Å². The Labute approximate surface area is 121 Å². The highest BCUT2D eigenvalue weighted by Gasteiger charge is 2.15. The molecule has 5 heteroatoms. The Morgan fingerprint density at radius 3 is 2.40 bits per heavy atom. The van der Waals surface area contributed by atoms with Gasteiger partial charge < -0.3 is 5.11 Å². The smallest absolute Gasteiger partial charge is 0.296 e. The molecule has 0 heterocycles. The molecular weight excluding hydrogens is 276 g/mol. The van der Waals surface area contributed by atoms with Crippen molar-refractivity contribution in [2.45, 2.75) is 57.0 Å². The first-order valence-corrected chi connectivity index (χ1v) is 8.50. The third-order valence-electron chi connectivity index (χ3n) is 3.14. The molecule has 1 aromatic rings. The zero-order valence-corrected chi connectivity index (χ0v) is 13.0. The van der Waals surface area contributed by atoms with Crippen LogP contribution in [0.1, 0.15) is 44.6 Å². The fraction of sp³-hybridized carbons (Fsp3) is 0.600. The largest absolute Gasteiger partial charge is 0.393 e. The normalized spacial score (nSPS) is 13.3. The first-order chi connectivity index (χ1) is 9.45. The van der Waals surface area contributed by atoms with Crippen molar-refractivity contribution in [2.24, 2.45) is 0 Å². The van der Waals surface area contributed by atoms with E-state index in [0.29, 0.717) is 12.8 Å². The summed E-state index contributed by atoms with van der Waals surface area (Å²) < 4.78 is 28.7. The van der Waals surface area contributed by atoms with Crippen LogP contribution in [0.4, 0.5) is 0 Å². The van der Waals surface area contributed by atoms with E-state index in [1.165, 1.54) is 12.1 Å². The Morgan fingerprint density at radius 2 is 1.80 bits per heavy atom. The van der Waals surface area contributed by atoms with Crippen LogP contribution in [0.5, 0.6) is 0 Å². The molecule has 1 aromatic carbocycles. The number of benzene rings is 1. The van der Waals surface area contributed by atoms with E-state index in [1.807, 2.05) is 6.92 Å². The van der Waals surface area contributed by atoms with Gasteiger partial charge in [-0.3, -0.25) is 4.18 Å². The Hall–Kier alpha value is -0.910. The topological polar surface area (TPSA) is 63.6 Å². The van der Waals surface area contributed by atoms with Gasteiger partial charge in [0.05, 0.1) is 17.6 Å². The molecule has 1 N–H and O–H groups in total. The van der Waals surface area contributed by atoms with Gasteiger partial charge in [0.1, 0.15) is 0 Å². The fourth-order valence-electron chi connectivity index (χ4n) is 1.84. The molecule has 0 aliphatic heterocycles.